The number of nitrogens with one attached hydrogen (secondary N) is 2. The molecule has 0 unspecified atom stereocenters. The molecule has 8 nitrogen and oxygen atoms in total. The highest BCUT2D eigenvalue weighted by molar-refractivity contribution is 7.92. The quantitative estimate of drug-likeness (QED) is 0.422. The number of aryl methyl sites for hydroxylation is 3. The molecule has 0 bridgehead atoms. The summed E-state index contributed by atoms with van der Waals surface area (Å²) in [5.74, 6) is -0.584. The minimum absolute atomic E-state index is 0.0564. The molecule has 0 spiro atoms. The van der Waals surface area contributed by atoms with Crippen LogP contribution in [0.3, 0.4) is 0 Å². The van der Waals surface area contributed by atoms with Gasteiger partial charge in [0.2, 0.25) is 15.9 Å². The first-order valence-electron chi connectivity index (χ1n) is 12.5. The van der Waals surface area contributed by atoms with Crippen molar-refractivity contribution >= 4 is 37.3 Å². The number of carbonyl (C=O) groups is 1. The van der Waals surface area contributed by atoms with Crippen LogP contribution >= 0.6 is 0 Å². The molecular formula is C28H33N3O5S2. The van der Waals surface area contributed by atoms with Gasteiger partial charge >= 0.3 is 0 Å². The molecule has 2 N–H and O–H groups in total. The van der Waals surface area contributed by atoms with Crippen LogP contribution in [0.2, 0.25) is 0 Å². The van der Waals surface area contributed by atoms with Crippen LogP contribution in [0.15, 0.2) is 71.6 Å². The Morgan fingerprint density at radius 2 is 1.50 bits per heavy atom. The number of piperidine rings is 1. The molecule has 38 heavy (non-hydrogen) atoms. The van der Waals surface area contributed by atoms with Gasteiger partial charge in [0.05, 0.1) is 10.6 Å². The Kier molecular flexibility index (Phi) is 8.25. The lowest BCUT2D eigenvalue weighted by molar-refractivity contribution is -0.120. The smallest absolute Gasteiger partial charge is 0.261 e. The lowest BCUT2D eigenvalue weighted by Crippen LogP contribution is -2.41. The fourth-order valence-electron chi connectivity index (χ4n) is 4.48. The van der Waals surface area contributed by atoms with Crippen LogP contribution in [0.4, 0.5) is 11.4 Å². The molecule has 0 saturated carbocycles. The second kappa shape index (κ2) is 11.3. The average Bonchev–Trinajstić information content (AvgIpc) is 2.86. The molecule has 4 rings (SSSR count). The predicted octanol–water partition coefficient (Wildman–Crippen LogP) is 4.59. The Morgan fingerprint density at radius 3 is 2.13 bits per heavy atom. The van der Waals surface area contributed by atoms with Gasteiger partial charge in [0, 0.05) is 30.4 Å². The van der Waals surface area contributed by atoms with Gasteiger partial charge in [-0.1, -0.05) is 35.9 Å². The van der Waals surface area contributed by atoms with E-state index in [0.717, 1.165) is 22.3 Å². The van der Waals surface area contributed by atoms with Gasteiger partial charge in [-0.15, -0.1) is 0 Å². The standard InChI is InChI=1S/C28H33N3O5S2/c1-20-5-4-6-23(17-20)19-37(33,34)31-15-13-24(14-16-31)28(32)29-25-9-11-27(12-10-25)38(35,36)30-26-8-7-21(2)22(3)18-26/h4-12,17-18,24,30H,13-16,19H2,1-3H3,(H,29,32). The Morgan fingerprint density at radius 1 is 0.842 bits per heavy atom. The van der Waals surface area contributed by atoms with Crippen LogP contribution in [-0.2, 0) is 30.6 Å². The number of carbonyl (C=O) groups excluding carboxylic acids is 1. The molecule has 1 saturated heterocycles. The molecular weight excluding hydrogens is 522 g/mol. The third-order valence-corrected chi connectivity index (χ3v) is 10.1. The van der Waals surface area contributed by atoms with E-state index in [-0.39, 0.29) is 35.6 Å². The maximum atomic E-state index is 12.9. The van der Waals surface area contributed by atoms with E-state index in [1.165, 1.54) is 16.4 Å². The summed E-state index contributed by atoms with van der Waals surface area (Å²) in [6, 6.07) is 18.8. The molecule has 3 aromatic rings. The first-order chi connectivity index (χ1) is 17.9. The Balaban J connectivity index is 1.32. The number of hydrogen-bond donors (Lipinski definition) is 2. The molecule has 1 heterocycles. The van der Waals surface area contributed by atoms with E-state index in [9.17, 15) is 21.6 Å². The zero-order valence-corrected chi connectivity index (χ0v) is 23.4. The SMILES string of the molecule is Cc1cccc(CS(=O)(=O)N2CCC(C(=O)Nc3ccc(S(=O)(=O)Nc4ccc(C)c(C)c4)cc3)CC2)c1. The van der Waals surface area contributed by atoms with E-state index in [1.807, 2.05) is 45.0 Å². The number of amides is 1. The third-order valence-electron chi connectivity index (χ3n) is 6.84. The highest BCUT2D eigenvalue weighted by atomic mass is 32.2. The summed E-state index contributed by atoms with van der Waals surface area (Å²) in [6.07, 6.45) is 0.844. The lowest BCUT2D eigenvalue weighted by atomic mass is 9.97. The minimum atomic E-state index is -3.78. The Hall–Kier alpha value is -3.21. The summed E-state index contributed by atoms with van der Waals surface area (Å²) >= 11 is 0. The molecule has 1 amide bonds. The van der Waals surface area contributed by atoms with Crippen molar-refractivity contribution in [1.29, 1.82) is 0 Å². The summed E-state index contributed by atoms with van der Waals surface area (Å²) in [6.45, 7) is 6.37. The number of anilines is 2. The topological polar surface area (TPSA) is 113 Å². The monoisotopic (exact) mass is 555 g/mol. The highest BCUT2D eigenvalue weighted by Crippen LogP contribution is 2.25. The van der Waals surface area contributed by atoms with E-state index in [1.54, 1.807) is 30.3 Å². The van der Waals surface area contributed by atoms with E-state index in [2.05, 4.69) is 10.0 Å². The van der Waals surface area contributed by atoms with Crippen molar-refractivity contribution in [2.24, 2.45) is 5.92 Å². The van der Waals surface area contributed by atoms with Crippen molar-refractivity contribution in [2.75, 3.05) is 23.1 Å². The van der Waals surface area contributed by atoms with Crippen LogP contribution in [0, 0.1) is 26.7 Å². The Labute approximate surface area is 225 Å². The zero-order chi connectivity index (χ0) is 27.5. The molecule has 0 aromatic heterocycles. The van der Waals surface area contributed by atoms with Gasteiger partial charge in [0.15, 0.2) is 0 Å². The fourth-order valence-corrected chi connectivity index (χ4v) is 7.08. The number of sulfonamides is 2. The number of benzene rings is 3. The number of hydrogen-bond acceptors (Lipinski definition) is 5. The van der Waals surface area contributed by atoms with E-state index >= 15 is 0 Å². The second-order valence-corrected chi connectivity index (χ2v) is 13.5. The number of rotatable bonds is 8. The molecule has 1 aliphatic heterocycles. The van der Waals surface area contributed by atoms with Gasteiger partial charge in [-0.2, -0.15) is 0 Å². The van der Waals surface area contributed by atoms with Gasteiger partial charge < -0.3 is 5.32 Å². The van der Waals surface area contributed by atoms with Crippen LogP contribution in [0.5, 0.6) is 0 Å². The van der Waals surface area contributed by atoms with Crippen LogP contribution in [0.25, 0.3) is 0 Å². The summed E-state index contributed by atoms with van der Waals surface area (Å²) in [5, 5.41) is 2.83. The van der Waals surface area contributed by atoms with Crippen LogP contribution < -0.4 is 10.0 Å². The number of nitrogens with zero attached hydrogens (tertiary/aromatic N) is 1. The first kappa shape index (κ1) is 27.8. The molecule has 1 aliphatic rings. The molecule has 0 aliphatic carbocycles. The van der Waals surface area contributed by atoms with Crippen LogP contribution in [-0.4, -0.2) is 40.1 Å². The van der Waals surface area contributed by atoms with E-state index in [4.69, 9.17) is 0 Å². The molecule has 202 valence electrons. The molecule has 10 heteroatoms. The van der Waals surface area contributed by atoms with Crippen molar-refractivity contribution in [3.8, 4) is 0 Å². The molecule has 0 radical (unpaired) electrons. The van der Waals surface area contributed by atoms with Crippen molar-refractivity contribution in [1.82, 2.24) is 4.31 Å². The van der Waals surface area contributed by atoms with Gasteiger partial charge in [-0.25, -0.2) is 21.1 Å². The van der Waals surface area contributed by atoms with Gasteiger partial charge in [0.1, 0.15) is 0 Å². The van der Waals surface area contributed by atoms with Crippen molar-refractivity contribution in [3.05, 3.63) is 89.0 Å². The Bertz CT molecular complexity index is 1530. The van der Waals surface area contributed by atoms with Gasteiger partial charge in [-0.05, 0) is 86.7 Å². The van der Waals surface area contributed by atoms with Gasteiger partial charge in [0.25, 0.3) is 10.0 Å². The fraction of sp³-hybridized carbons (Fsp3) is 0.321. The highest BCUT2D eigenvalue weighted by Gasteiger charge is 2.31. The predicted molar refractivity (Wildman–Crippen MR) is 150 cm³/mol. The molecule has 3 aromatic carbocycles. The lowest BCUT2D eigenvalue weighted by Gasteiger charge is -2.30. The third kappa shape index (κ3) is 6.80. The average molecular weight is 556 g/mol. The summed E-state index contributed by atoms with van der Waals surface area (Å²) in [5.41, 5.74) is 4.78. The maximum absolute atomic E-state index is 12.9. The van der Waals surface area contributed by atoms with Gasteiger partial charge in [-0.3, -0.25) is 9.52 Å². The summed E-state index contributed by atoms with van der Waals surface area (Å²) in [4.78, 5) is 12.9. The minimum Gasteiger partial charge on any atom is -0.326 e. The van der Waals surface area contributed by atoms with E-state index < -0.39 is 20.0 Å². The summed E-state index contributed by atoms with van der Waals surface area (Å²) < 4.78 is 55.3. The molecule has 1 fully saturated rings. The largest absolute Gasteiger partial charge is 0.326 e. The zero-order valence-electron chi connectivity index (χ0n) is 21.8. The second-order valence-electron chi connectivity index (χ2n) is 9.84. The summed E-state index contributed by atoms with van der Waals surface area (Å²) in [7, 11) is -7.25. The van der Waals surface area contributed by atoms with E-state index in [0.29, 0.717) is 24.2 Å². The normalized spacial score (nSPS) is 15.2. The molecule has 0 atom stereocenters. The van der Waals surface area contributed by atoms with Crippen LogP contribution in [0.1, 0.15) is 35.1 Å². The van der Waals surface area contributed by atoms with Crippen molar-refractivity contribution < 1.29 is 21.6 Å². The first-order valence-corrected chi connectivity index (χ1v) is 15.6. The van der Waals surface area contributed by atoms with Crippen molar-refractivity contribution in [3.63, 3.8) is 0 Å². The van der Waals surface area contributed by atoms with Crippen molar-refractivity contribution in [2.45, 2.75) is 44.3 Å². The maximum Gasteiger partial charge on any atom is 0.261 e.